The zero-order chi connectivity index (χ0) is 13.8. The maximum absolute atomic E-state index is 12.0. The average Bonchev–Trinajstić information content (AvgIpc) is 2.34. The molecule has 0 aromatic heterocycles. The van der Waals surface area contributed by atoms with Gasteiger partial charge in [-0.25, -0.2) is 4.79 Å². The van der Waals surface area contributed by atoms with Gasteiger partial charge in [-0.2, -0.15) is 0 Å². The summed E-state index contributed by atoms with van der Waals surface area (Å²) in [4.78, 5) is 12.0. The minimum absolute atomic E-state index is 0.409. The molecule has 0 radical (unpaired) electrons. The largest absolute Gasteiger partial charge is 0.467 e. The molecule has 0 bridgehead atoms. The van der Waals surface area contributed by atoms with Gasteiger partial charge in [0.05, 0.1) is 7.11 Å². The summed E-state index contributed by atoms with van der Waals surface area (Å²) in [6.07, 6.45) is 1.66. The van der Waals surface area contributed by atoms with Crippen molar-refractivity contribution in [1.82, 2.24) is 5.32 Å². The van der Waals surface area contributed by atoms with Crippen molar-refractivity contribution in [3.8, 4) is 0 Å². The highest BCUT2D eigenvalue weighted by molar-refractivity contribution is 6.35. The second-order valence-electron chi connectivity index (χ2n) is 3.91. The molecule has 1 rings (SSSR count). The van der Waals surface area contributed by atoms with E-state index in [0.29, 0.717) is 22.2 Å². The van der Waals surface area contributed by atoms with Crippen LogP contribution in [0.1, 0.15) is 12.5 Å². The molecular formula is C13H15Cl2NO2. The summed E-state index contributed by atoms with van der Waals surface area (Å²) in [7, 11) is 1.33. The predicted octanol–water partition coefficient (Wildman–Crippen LogP) is 3.16. The first-order chi connectivity index (χ1) is 8.45. The van der Waals surface area contributed by atoms with Crippen LogP contribution in [0.3, 0.4) is 0 Å². The van der Waals surface area contributed by atoms with E-state index in [4.69, 9.17) is 27.9 Å². The minimum Gasteiger partial charge on any atom is -0.467 e. The zero-order valence-corrected chi connectivity index (χ0v) is 11.8. The summed E-state index contributed by atoms with van der Waals surface area (Å²) in [6.45, 7) is 5.77. The highest BCUT2D eigenvalue weighted by Gasteiger charge is 2.37. The predicted molar refractivity (Wildman–Crippen MR) is 74.0 cm³/mol. The lowest BCUT2D eigenvalue weighted by Crippen LogP contribution is -2.47. The first-order valence-electron chi connectivity index (χ1n) is 5.35. The Morgan fingerprint density at radius 3 is 2.72 bits per heavy atom. The lowest BCUT2D eigenvalue weighted by atomic mass is 9.92. The Balaban J connectivity index is 3.24. The van der Waals surface area contributed by atoms with Gasteiger partial charge in [-0.1, -0.05) is 35.3 Å². The van der Waals surface area contributed by atoms with Crippen LogP contribution in [0, 0.1) is 0 Å². The van der Waals surface area contributed by atoms with Crippen LogP contribution in [0.5, 0.6) is 0 Å². The fraction of sp³-hybridized carbons (Fsp3) is 0.308. The summed E-state index contributed by atoms with van der Waals surface area (Å²) >= 11 is 12.0. The smallest absolute Gasteiger partial charge is 0.330 e. The maximum Gasteiger partial charge on any atom is 0.330 e. The number of carbonyl (C=O) groups is 1. The third-order valence-corrected chi connectivity index (χ3v) is 3.21. The van der Waals surface area contributed by atoms with E-state index in [1.165, 1.54) is 7.11 Å². The first kappa shape index (κ1) is 15.0. The van der Waals surface area contributed by atoms with Gasteiger partial charge in [-0.15, -0.1) is 6.58 Å². The Labute approximate surface area is 117 Å². The monoisotopic (exact) mass is 287 g/mol. The molecule has 5 heteroatoms. The number of halogens is 2. The normalized spacial score (nSPS) is 13.8. The van der Waals surface area contributed by atoms with Crippen molar-refractivity contribution in [2.24, 2.45) is 0 Å². The molecule has 3 nitrogen and oxygen atoms in total. The molecular weight excluding hydrogens is 273 g/mol. The van der Waals surface area contributed by atoms with Crippen LogP contribution >= 0.6 is 23.2 Å². The Morgan fingerprint density at radius 1 is 1.56 bits per heavy atom. The van der Waals surface area contributed by atoms with Gasteiger partial charge in [0.15, 0.2) is 0 Å². The van der Waals surface area contributed by atoms with Gasteiger partial charge < -0.3 is 4.74 Å². The van der Waals surface area contributed by atoms with Crippen LogP contribution in [0.25, 0.3) is 0 Å². The molecule has 98 valence electrons. The Hall–Kier alpha value is -1.03. The van der Waals surface area contributed by atoms with E-state index in [1.807, 2.05) is 0 Å². The molecule has 0 saturated carbocycles. The van der Waals surface area contributed by atoms with Crippen molar-refractivity contribution in [1.29, 1.82) is 0 Å². The molecule has 0 aliphatic rings. The molecule has 1 N–H and O–H groups in total. The fourth-order valence-electron chi connectivity index (χ4n) is 1.65. The highest BCUT2D eigenvalue weighted by atomic mass is 35.5. The topological polar surface area (TPSA) is 38.3 Å². The summed E-state index contributed by atoms with van der Waals surface area (Å²) in [6, 6.07) is 4.98. The second kappa shape index (κ2) is 6.23. The number of esters is 1. The van der Waals surface area contributed by atoms with Crippen molar-refractivity contribution in [3.05, 3.63) is 46.5 Å². The molecule has 0 spiro atoms. The SMILES string of the molecule is C=CCNC(C)(C(=O)OC)c1ccc(Cl)cc1Cl. The number of hydrogen-bond donors (Lipinski definition) is 1. The third kappa shape index (κ3) is 3.05. The molecule has 1 aromatic carbocycles. The molecule has 0 amide bonds. The van der Waals surface area contributed by atoms with Crippen LogP contribution in [0.2, 0.25) is 10.0 Å². The Bertz CT molecular complexity index is 462. The first-order valence-corrected chi connectivity index (χ1v) is 6.11. The number of rotatable bonds is 5. The zero-order valence-electron chi connectivity index (χ0n) is 10.3. The number of hydrogen-bond acceptors (Lipinski definition) is 3. The third-order valence-electron chi connectivity index (χ3n) is 2.66. The summed E-state index contributed by atoms with van der Waals surface area (Å²) < 4.78 is 4.82. The van der Waals surface area contributed by atoms with Crippen molar-refractivity contribution in [2.45, 2.75) is 12.5 Å². The van der Waals surface area contributed by atoms with Crippen LogP contribution < -0.4 is 5.32 Å². The second-order valence-corrected chi connectivity index (χ2v) is 4.75. The Kier molecular flexibility index (Phi) is 5.20. The number of benzene rings is 1. The number of nitrogens with one attached hydrogen (secondary N) is 1. The number of methoxy groups -OCH3 is 1. The van der Waals surface area contributed by atoms with E-state index in [9.17, 15) is 4.79 Å². The van der Waals surface area contributed by atoms with E-state index in [2.05, 4.69) is 11.9 Å². The van der Waals surface area contributed by atoms with Crippen molar-refractivity contribution >= 4 is 29.2 Å². The highest BCUT2D eigenvalue weighted by Crippen LogP contribution is 2.31. The van der Waals surface area contributed by atoms with Gasteiger partial charge in [0.2, 0.25) is 0 Å². The summed E-state index contributed by atoms with van der Waals surface area (Å²) in [5, 5.41) is 3.98. The van der Waals surface area contributed by atoms with Crippen LogP contribution in [-0.2, 0) is 15.1 Å². The Morgan fingerprint density at radius 2 is 2.22 bits per heavy atom. The van der Waals surface area contributed by atoms with Gasteiger partial charge in [-0.05, 0) is 19.1 Å². The van der Waals surface area contributed by atoms with Gasteiger partial charge in [0.1, 0.15) is 5.54 Å². The van der Waals surface area contributed by atoms with E-state index in [1.54, 1.807) is 31.2 Å². The van der Waals surface area contributed by atoms with Crippen LogP contribution in [-0.4, -0.2) is 19.6 Å². The van der Waals surface area contributed by atoms with Crippen molar-refractivity contribution in [2.75, 3.05) is 13.7 Å². The lowest BCUT2D eigenvalue weighted by molar-refractivity contribution is -0.148. The van der Waals surface area contributed by atoms with Gasteiger partial charge in [0, 0.05) is 22.2 Å². The minimum atomic E-state index is -1.04. The molecule has 0 aliphatic heterocycles. The number of ether oxygens (including phenoxy) is 1. The molecule has 18 heavy (non-hydrogen) atoms. The standard InChI is InChI=1S/C13H15Cl2NO2/c1-4-7-16-13(2,12(17)18-3)10-6-5-9(14)8-11(10)15/h4-6,8,16H,1,7H2,2-3H3. The molecule has 1 aromatic rings. The summed E-state index contributed by atoms with van der Waals surface area (Å²) in [5.41, 5.74) is -0.424. The maximum atomic E-state index is 12.0. The number of carbonyl (C=O) groups excluding carboxylic acids is 1. The summed E-state index contributed by atoms with van der Waals surface area (Å²) in [5.74, 6) is -0.423. The van der Waals surface area contributed by atoms with E-state index in [-0.39, 0.29) is 0 Å². The van der Waals surface area contributed by atoms with Gasteiger partial charge >= 0.3 is 5.97 Å². The van der Waals surface area contributed by atoms with Crippen LogP contribution in [0.4, 0.5) is 0 Å². The molecule has 0 aliphatic carbocycles. The van der Waals surface area contributed by atoms with Gasteiger partial charge in [0.25, 0.3) is 0 Å². The van der Waals surface area contributed by atoms with Crippen molar-refractivity contribution in [3.63, 3.8) is 0 Å². The van der Waals surface area contributed by atoms with E-state index >= 15 is 0 Å². The molecule has 1 atom stereocenters. The average molecular weight is 288 g/mol. The quantitative estimate of drug-likeness (QED) is 0.668. The molecule has 0 fully saturated rings. The molecule has 0 heterocycles. The lowest BCUT2D eigenvalue weighted by Gasteiger charge is -2.29. The molecule has 0 saturated heterocycles. The van der Waals surface area contributed by atoms with Crippen molar-refractivity contribution < 1.29 is 9.53 Å². The van der Waals surface area contributed by atoms with Crippen LogP contribution in [0.15, 0.2) is 30.9 Å². The van der Waals surface area contributed by atoms with E-state index < -0.39 is 11.5 Å². The fourth-order valence-corrected chi connectivity index (χ4v) is 2.25. The van der Waals surface area contributed by atoms with E-state index in [0.717, 1.165) is 0 Å². The molecule has 1 unspecified atom stereocenters. The van der Waals surface area contributed by atoms with Gasteiger partial charge in [-0.3, -0.25) is 5.32 Å².